The zero-order valence-corrected chi connectivity index (χ0v) is 13.3. The number of benzene rings is 1. The molecule has 3 rings (SSSR count). The van der Waals surface area contributed by atoms with Crippen LogP contribution in [0.4, 0.5) is 11.5 Å². The summed E-state index contributed by atoms with van der Waals surface area (Å²) in [5.41, 5.74) is 1.08. The Morgan fingerprint density at radius 1 is 1.08 bits per heavy atom. The minimum absolute atomic E-state index is 0.0646. The molecule has 122 valence electrons. The molecule has 0 aliphatic carbocycles. The SMILES string of the molecule is O=[N+]([O-])c1cccnc1N1CCN(CC#Cc2ccccc2)CC1. The van der Waals surface area contributed by atoms with E-state index in [1.54, 1.807) is 12.3 Å². The van der Waals surface area contributed by atoms with E-state index in [0.717, 1.165) is 18.7 Å². The van der Waals surface area contributed by atoms with Gasteiger partial charge >= 0.3 is 5.69 Å². The average Bonchev–Trinajstić information content (AvgIpc) is 2.63. The molecular formula is C18H18N4O2. The predicted octanol–water partition coefficient (Wildman–Crippen LogP) is 2.16. The fourth-order valence-corrected chi connectivity index (χ4v) is 2.67. The molecule has 1 aromatic heterocycles. The molecule has 6 heteroatoms. The van der Waals surface area contributed by atoms with Crippen LogP contribution in [0.3, 0.4) is 0 Å². The van der Waals surface area contributed by atoms with Crippen molar-refractivity contribution in [3.63, 3.8) is 0 Å². The van der Waals surface area contributed by atoms with E-state index in [1.807, 2.05) is 35.2 Å². The third kappa shape index (κ3) is 3.89. The molecule has 0 unspecified atom stereocenters. The highest BCUT2D eigenvalue weighted by molar-refractivity contribution is 5.57. The van der Waals surface area contributed by atoms with Gasteiger partial charge < -0.3 is 4.90 Å². The quantitative estimate of drug-likeness (QED) is 0.492. The molecule has 1 fully saturated rings. The van der Waals surface area contributed by atoms with Crippen LogP contribution in [-0.4, -0.2) is 47.5 Å². The lowest BCUT2D eigenvalue weighted by Gasteiger charge is -2.34. The van der Waals surface area contributed by atoms with Gasteiger partial charge in [-0.25, -0.2) is 4.98 Å². The van der Waals surface area contributed by atoms with E-state index in [2.05, 4.69) is 21.7 Å². The summed E-state index contributed by atoms with van der Waals surface area (Å²) in [6.07, 6.45) is 1.60. The molecule has 1 aromatic carbocycles. The van der Waals surface area contributed by atoms with Gasteiger partial charge in [0, 0.05) is 44.0 Å². The number of hydrogen-bond donors (Lipinski definition) is 0. The first kappa shape index (κ1) is 16.0. The fourth-order valence-electron chi connectivity index (χ4n) is 2.67. The minimum Gasteiger partial charge on any atom is -0.348 e. The summed E-state index contributed by atoms with van der Waals surface area (Å²) in [5.74, 6) is 6.80. The van der Waals surface area contributed by atoms with Gasteiger partial charge in [-0.3, -0.25) is 15.0 Å². The molecule has 0 spiro atoms. The van der Waals surface area contributed by atoms with Crippen molar-refractivity contribution in [1.82, 2.24) is 9.88 Å². The van der Waals surface area contributed by atoms with Crippen LogP contribution in [0.15, 0.2) is 48.7 Å². The molecule has 0 saturated carbocycles. The number of piperazine rings is 1. The average molecular weight is 322 g/mol. The number of anilines is 1. The Morgan fingerprint density at radius 3 is 2.54 bits per heavy atom. The first-order valence-electron chi connectivity index (χ1n) is 7.84. The molecule has 0 atom stereocenters. The van der Waals surface area contributed by atoms with Crippen molar-refractivity contribution < 1.29 is 4.92 Å². The van der Waals surface area contributed by atoms with Crippen LogP contribution in [0.2, 0.25) is 0 Å². The van der Waals surface area contributed by atoms with Crippen LogP contribution in [0.5, 0.6) is 0 Å². The van der Waals surface area contributed by atoms with E-state index >= 15 is 0 Å². The Morgan fingerprint density at radius 2 is 1.83 bits per heavy atom. The maximum atomic E-state index is 11.1. The van der Waals surface area contributed by atoms with Crippen LogP contribution >= 0.6 is 0 Å². The Kier molecular flexibility index (Phi) is 5.04. The number of pyridine rings is 1. The molecule has 2 aromatic rings. The van der Waals surface area contributed by atoms with Crippen LogP contribution in [0.25, 0.3) is 0 Å². The summed E-state index contributed by atoms with van der Waals surface area (Å²) >= 11 is 0. The Balaban J connectivity index is 1.57. The highest BCUT2D eigenvalue weighted by Gasteiger charge is 2.24. The summed E-state index contributed by atoms with van der Waals surface area (Å²) in [6, 6.07) is 13.0. The summed E-state index contributed by atoms with van der Waals surface area (Å²) in [5, 5.41) is 11.1. The summed E-state index contributed by atoms with van der Waals surface area (Å²) in [7, 11) is 0. The first-order valence-corrected chi connectivity index (χ1v) is 7.84. The zero-order chi connectivity index (χ0) is 16.8. The second kappa shape index (κ2) is 7.57. The van der Waals surface area contributed by atoms with Gasteiger partial charge in [0.25, 0.3) is 0 Å². The third-order valence-electron chi connectivity index (χ3n) is 3.94. The smallest absolute Gasteiger partial charge is 0.311 e. The van der Waals surface area contributed by atoms with Crippen LogP contribution < -0.4 is 4.90 Å². The van der Waals surface area contributed by atoms with Gasteiger partial charge in [0.2, 0.25) is 5.82 Å². The molecule has 1 saturated heterocycles. The number of hydrogen-bond acceptors (Lipinski definition) is 5. The number of rotatable bonds is 3. The van der Waals surface area contributed by atoms with Crippen molar-refractivity contribution in [2.75, 3.05) is 37.6 Å². The summed E-state index contributed by atoms with van der Waals surface area (Å²) in [4.78, 5) is 19.2. The minimum atomic E-state index is -0.375. The molecule has 0 bridgehead atoms. The van der Waals surface area contributed by atoms with Crippen molar-refractivity contribution in [1.29, 1.82) is 0 Å². The molecule has 0 radical (unpaired) electrons. The number of nitrogens with zero attached hydrogens (tertiary/aromatic N) is 4. The highest BCUT2D eigenvalue weighted by atomic mass is 16.6. The van der Waals surface area contributed by atoms with E-state index < -0.39 is 0 Å². The third-order valence-corrected chi connectivity index (χ3v) is 3.94. The van der Waals surface area contributed by atoms with Gasteiger partial charge in [-0.15, -0.1) is 0 Å². The van der Waals surface area contributed by atoms with E-state index in [9.17, 15) is 10.1 Å². The standard InChI is InChI=1S/C18H18N4O2/c23-22(24)17-9-4-10-19-18(17)21-14-12-20(13-15-21)11-5-8-16-6-2-1-3-7-16/h1-4,6-7,9-10H,11-15H2. The van der Waals surface area contributed by atoms with Gasteiger partial charge in [-0.1, -0.05) is 30.0 Å². The second-order valence-corrected chi connectivity index (χ2v) is 5.53. The lowest BCUT2D eigenvalue weighted by Crippen LogP contribution is -2.46. The van der Waals surface area contributed by atoms with E-state index in [4.69, 9.17) is 0 Å². The number of aromatic nitrogens is 1. The molecule has 1 aliphatic rings. The molecular weight excluding hydrogens is 304 g/mol. The summed E-state index contributed by atoms with van der Waals surface area (Å²) < 4.78 is 0. The second-order valence-electron chi connectivity index (χ2n) is 5.53. The molecule has 0 N–H and O–H groups in total. The normalized spacial score (nSPS) is 14.8. The van der Waals surface area contributed by atoms with Gasteiger partial charge in [0.1, 0.15) is 0 Å². The molecule has 6 nitrogen and oxygen atoms in total. The lowest BCUT2D eigenvalue weighted by molar-refractivity contribution is -0.384. The predicted molar refractivity (Wildman–Crippen MR) is 92.9 cm³/mol. The molecule has 2 heterocycles. The molecule has 0 amide bonds. The Bertz CT molecular complexity index is 759. The lowest BCUT2D eigenvalue weighted by atomic mass is 10.2. The summed E-state index contributed by atoms with van der Waals surface area (Å²) in [6.45, 7) is 3.76. The molecule has 1 aliphatic heterocycles. The van der Waals surface area contributed by atoms with Gasteiger partial charge in [0.15, 0.2) is 0 Å². The van der Waals surface area contributed by atoms with Gasteiger partial charge in [-0.05, 0) is 18.2 Å². The van der Waals surface area contributed by atoms with Crippen molar-refractivity contribution in [3.05, 3.63) is 64.3 Å². The maximum Gasteiger partial charge on any atom is 0.311 e. The first-order chi connectivity index (χ1) is 11.7. The largest absolute Gasteiger partial charge is 0.348 e. The van der Waals surface area contributed by atoms with E-state index in [1.165, 1.54) is 6.07 Å². The van der Waals surface area contributed by atoms with E-state index in [-0.39, 0.29) is 10.6 Å². The van der Waals surface area contributed by atoms with Crippen molar-refractivity contribution >= 4 is 11.5 Å². The van der Waals surface area contributed by atoms with Crippen molar-refractivity contribution in [2.24, 2.45) is 0 Å². The zero-order valence-electron chi connectivity index (χ0n) is 13.3. The van der Waals surface area contributed by atoms with Gasteiger partial charge in [0.05, 0.1) is 11.5 Å². The maximum absolute atomic E-state index is 11.1. The molecule has 24 heavy (non-hydrogen) atoms. The van der Waals surface area contributed by atoms with Crippen LogP contribution in [0, 0.1) is 22.0 Å². The Labute approximate surface area is 140 Å². The monoisotopic (exact) mass is 322 g/mol. The Hall–Kier alpha value is -2.91. The highest BCUT2D eigenvalue weighted by Crippen LogP contribution is 2.25. The van der Waals surface area contributed by atoms with Crippen LogP contribution in [-0.2, 0) is 0 Å². The number of nitro groups is 1. The fraction of sp³-hybridized carbons (Fsp3) is 0.278. The van der Waals surface area contributed by atoms with Gasteiger partial charge in [-0.2, -0.15) is 0 Å². The van der Waals surface area contributed by atoms with Crippen molar-refractivity contribution in [3.8, 4) is 11.8 Å². The van der Waals surface area contributed by atoms with Crippen molar-refractivity contribution in [2.45, 2.75) is 0 Å². The van der Waals surface area contributed by atoms with E-state index in [0.29, 0.717) is 25.5 Å². The van der Waals surface area contributed by atoms with Crippen LogP contribution in [0.1, 0.15) is 5.56 Å². The topological polar surface area (TPSA) is 62.5 Å².